The van der Waals surface area contributed by atoms with Crippen molar-refractivity contribution in [1.82, 2.24) is 4.98 Å². The molecule has 0 aliphatic carbocycles. The second-order valence-electron chi connectivity index (χ2n) is 6.45. The van der Waals surface area contributed by atoms with Crippen molar-refractivity contribution in [3.8, 4) is 0 Å². The summed E-state index contributed by atoms with van der Waals surface area (Å²) in [5.41, 5.74) is 4.39. The summed E-state index contributed by atoms with van der Waals surface area (Å²) in [5.74, 6) is -0.358. The zero-order valence-corrected chi connectivity index (χ0v) is 15.2. The molecule has 3 rings (SSSR count). The molecule has 2 N–H and O–H groups in total. The molecule has 134 valence electrons. The molecule has 2 amide bonds. The van der Waals surface area contributed by atoms with Crippen molar-refractivity contribution in [2.75, 3.05) is 29.6 Å². The summed E-state index contributed by atoms with van der Waals surface area (Å²) < 4.78 is 13.8. The van der Waals surface area contributed by atoms with Crippen molar-refractivity contribution in [2.24, 2.45) is 0 Å². The predicted octanol–water partition coefficient (Wildman–Crippen LogP) is 4.70. The van der Waals surface area contributed by atoms with Crippen molar-refractivity contribution in [1.29, 1.82) is 0 Å². The summed E-state index contributed by atoms with van der Waals surface area (Å²) >= 11 is 0. The standard InChI is InChI=1S/C20H21FN4O/c1-12-9-14(21)11-17-18(10-13(2)22-19(12)17)24-20(26)23-15-5-7-16(8-6-15)25(3)4/h5-11H,1-4H3,(H2,22,23,24,26). The molecule has 0 saturated carbocycles. The van der Waals surface area contributed by atoms with E-state index in [1.54, 1.807) is 13.0 Å². The van der Waals surface area contributed by atoms with E-state index in [1.165, 1.54) is 12.1 Å². The number of hydrogen-bond donors (Lipinski definition) is 2. The van der Waals surface area contributed by atoms with Crippen LogP contribution >= 0.6 is 0 Å². The third-order valence-electron chi connectivity index (χ3n) is 4.09. The Morgan fingerprint density at radius 3 is 2.38 bits per heavy atom. The van der Waals surface area contributed by atoms with Crippen molar-refractivity contribution >= 4 is 34.0 Å². The molecule has 2 aromatic carbocycles. The molecule has 6 heteroatoms. The number of nitrogens with one attached hydrogen (secondary N) is 2. The van der Waals surface area contributed by atoms with E-state index in [1.807, 2.05) is 50.2 Å². The van der Waals surface area contributed by atoms with Crippen molar-refractivity contribution < 1.29 is 9.18 Å². The molecule has 0 radical (unpaired) electrons. The van der Waals surface area contributed by atoms with Gasteiger partial charge in [0.15, 0.2) is 0 Å². The second-order valence-corrected chi connectivity index (χ2v) is 6.45. The van der Waals surface area contributed by atoms with Gasteiger partial charge in [0.25, 0.3) is 0 Å². The van der Waals surface area contributed by atoms with E-state index in [2.05, 4.69) is 15.6 Å². The van der Waals surface area contributed by atoms with E-state index in [4.69, 9.17) is 0 Å². The van der Waals surface area contributed by atoms with Crippen LogP contribution in [0.4, 0.5) is 26.2 Å². The molecule has 3 aromatic rings. The number of halogens is 1. The number of aromatic nitrogens is 1. The molecule has 26 heavy (non-hydrogen) atoms. The van der Waals surface area contributed by atoms with Crippen molar-refractivity contribution in [2.45, 2.75) is 13.8 Å². The lowest BCUT2D eigenvalue weighted by molar-refractivity contribution is 0.262. The van der Waals surface area contributed by atoms with Crippen LogP contribution in [-0.4, -0.2) is 25.1 Å². The number of pyridine rings is 1. The second kappa shape index (κ2) is 7.00. The number of benzene rings is 2. The molecule has 0 aliphatic rings. The number of nitrogens with zero attached hydrogens (tertiary/aromatic N) is 2. The monoisotopic (exact) mass is 352 g/mol. The highest BCUT2D eigenvalue weighted by molar-refractivity contribution is 6.06. The number of anilines is 3. The number of aryl methyl sites for hydroxylation is 2. The minimum Gasteiger partial charge on any atom is -0.378 e. The van der Waals surface area contributed by atoms with Crippen LogP contribution in [-0.2, 0) is 0 Å². The maximum Gasteiger partial charge on any atom is 0.323 e. The molecule has 5 nitrogen and oxygen atoms in total. The fourth-order valence-electron chi connectivity index (χ4n) is 2.82. The Balaban J connectivity index is 1.85. The molecule has 0 aliphatic heterocycles. The van der Waals surface area contributed by atoms with Gasteiger partial charge < -0.3 is 15.5 Å². The smallest absolute Gasteiger partial charge is 0.323 e. The molecule has 0 unspecified atom stereocenters. The van der Waals surface area contributed by atoms with Crippen LogP contribution in [0.5, 0.6) is 0 Å². The first-order valence-corrected chi connectivity index (χ1v) is 8.26. The highest BCUT2D eigenvalue weighted by atomic mass is 19.1. The van der Waals surface area contributed by atoms with Gasteiger partial charge in [0.1, 0.15) is 5.82 Å². The minimum atomic E-state index is -0.392. The van der Waals surface area contributed by atoms with Gasteiger partial charge in [0, 0.05) is 36.6 Å². The van der Waals surface area contributed by atoms with Crippen LogP contribution in [0.15, 0.2) is 42.5 Å². The molecule has 1 aromatic heterocycles. The Bertz CT molecular complexity index is 968. The summed E-state index contributed by atoms with van der Waals surface area (Å²) in [5, 5.41) is 6.16. The van der Waals surface area contributed by atoms with Gasteiger partial charge in [-0.05, 0) is 61.9 Å². The third kappa shape index (κ3) is 3.74. The fraction of sp³-hybridized carbons (Fsp3) is 0.200. The number of fused-ring (bicyclic) bond motifs is 1. The van der Waals surface area contributed by atoms with E-state index < -0.39 is 6.03 Å². The van der Waals surface area contributed by atoms with E-state index in [9.17, 15) is 9.18 Å². The van der Waals surface area contributed by atoms with E-state index in [0.717, 1.165) is 16.9 Å². The van der Waals surface area contributed by atoms with Gasteiger partial charge in [-0.1, -0.05) is 0 Å². The molecular weight excluding hydrogens is 331 g/mol. The zero-order valence-electron chi connectivity index (χ0n) is 15.2. The highest BCUT2D eigenvalue weighted by Crippen LogP contribution is 2.27. The lowest BCUT2D eigenvalue weighted by atomic mass is 10.1. The number of amides is 2. The quantitative estimate of drug-likeness (QED) is 0.718. The van der Waals surface area contributed by atoms with Crippen LogP contribution < -0.4 is 15.5 Å². The summed E-state index contributed by atoms with van der Waals surface area (Å²) in [4.78, 5) is 18.8. The van der Waals surface area contributed by atoms with Gasteiger partial charge in [0.2, 0.25) is 0 Å². The molecule has 0 spiro atoms. The SMILES string of the molecule is Cc1cc(NC(=O)Nc2ccc(N(C)C)cc2)c2cc(F)cc(C)c2n1. The van der Waals surface area contributed by atoms with E-state index >= 15 is 0 Å². The van der Waals surface area contributed by atoms with Crippen LogP contribution in [0.2, 0.25) is 0 Å². The van der Waals surface area contributed by atoms with Gasteiger partial charge in [-0.3, -0.25) is 4.98 Å². The maximum absolute atomic E-state index is 13.8. The van der Waals surface area contributed by atoms with Crippen LogP contribution in [0, 0.1) is 19.7 Å². The Hall–Kier alpha value is -3.15. The normalized spacial score (nSPS) is 10.7. The summed E-state index contributed by atoms with van der Waals surface area (Å²) in [6, 6.07) is 11.7. The van der Waals surface area contributed by atoms with Gasteiger partial charge in [-0.25, -0.2) is 9.18 Å². The third-order valence-corrected chi connectivity index (χ3v) is 4.09. The average molecular weight is 352 g/mol. The minimum absolute atomic E-state index is 0.358. The predicted molar refractivity (Wildman–Crippen MR) is 105 cm³/mol. The van der Waals surface area contributed by atoms with Crippen molar-refractivity contribution in [3.05, 3.63) is 59.5 Å². The molecule has 0 fully saturated rings. The molecule has 0 bridgehead atoms. The first-order valence-electron chi connectivity index (χ1n) is 8.26. The summed E-state index contributed by atoms with van der Waals surface area (Å²) in [6.07, 6.45) is 0. The van der Waals surface area contributed by atoms with Crippen LogP contribution in [0.1, 0.15) is 11.3 Å². The Kier molecular flexibility index (Phi) is 4.75. The maximum atomic E-state index is 13.8. The lowest BCUT2D eigenvalue weighted by Gasteiger charge is -2.14. The Morgan fingerprint density at radius 1 is 1.04 bits per heavy atom. The number of carbonyl (C=O) groups is 1. The molecule has 0 saturated heterocycles. The Morgan fingerprint density at radius 2 is 1.73 bits per heavy atom. The molecule has 0 atom stereocenters. The molecular formula is C20H21FN4O. The average Bonchev–Trinajstić information content (AvgIpc) is 2.56. The fourth-order valence-corrected chi connectivity index (χ4v) is 2.82. The number of hydrogen-bond acceptors (Lipinski definition) is 3. The molecule has 1 heterocycles. The zero-order chi connectivity index (χ0) is 18.8. The van der Waals surface area contributed by atoms with Gasteiger partial charge in [-0.15, -0.1) is 0 Å². The van der Waals surface area contributed by atoms with Gasteiger partial charge >= 0.3 is 6.03 Å². The van der Waals surface area contributed by atoms with Crippen LogP contribution in [0.25, 0.3) is 10.9 Å². The number of rotatable bonds is 3. The van der Waals surface area contributed by atoms with Gasteiger partial charge in [-0.2, -0.15) is 0 Å². The van der Waals surface area contributed by atoms with Crippen LogP contribution in [0.3, 0.4) is 0 Å². The van der Waals surface area contributed by atoms with E-state index in [0.29, 0.717) is 22.3 Å². The first-order chi connectivity index (χ1) is 12.3. The lowest BCUT2D eigenvalue weighted by Crippen LogP contribution is -2.20. The number of urea groups is 1. The van der Waals surface area contributed by atoms with Gasteiger partial charge in [0.05, 0.1) is 11.2 Å². The Labute approximate surface area is 151 Å². The number of carbonyl (C=O) groups excluding carboxylic acids is 1. The largest absolute Gasteiger partial charge is 0.378 e. The topological polar surface area (TPSA) is 57.3 Å². The summed E-state index contributed by atoms with van der Waals surface area (Å²) in [6.45, 7) is 3.64. The van der Waals surface area contributed by atoms with Crippen molar-refractivity contribution in [3.63, 3.8) is 0 Å². The van der Waals surface area contributed by atoms with E-state index in [-0.39, 0.29) is 5.82 Å². The highest BCUT2D eigenvalue weighted by Gasteiger charge is 2.11. The summed E-state index contributed by atoms with van der Waals surface area (Å²) in [7, 11) is 3.90. The first kappa shape index (κ1) is 17.7.